The maximum Gasteiger partial charge on any atom is 0.0207 e. The summed E-state index contributed by atoms with van der Waals surface area (Å²) in [5.74, 6) is 0.871. The molecule has 3 heterocycles. The lowest BCUT2D eigenvalue weighted by Crippen LogP contribution is -2.25. The van der Waals surface area contributed by atoms with Crippen molar-refractivity contribution < 1.29 is 0 Å². The van der Waals surface area contributed by atoms with Gasteiger partial charge in [0, 0.05) is 17.3 Å². The molecule has 0 nitrogen and oxygen atoms in total. The summed E-state index contributed by atoms with van der Waals surface area (Å²) in [7, 11) is 0.272. The first-order valence-electron chi connectivity index (χ1n) is 15.8. The van der Waals surface area contributed by atoms with Gasteiger partial charge in [-0.05, 0) is 79.9 Å². The van der Waals surface area contributed by atoms with Gasteiger partial charge in [0.05, 0.1) is 0 Å². The Kier molecular flexibility index (Phi) is 7.50. The average Bonchev–Trinajstić information content (AvgIpc) is 3.67. The first-order valence-corrected chi connectivity index (χ1v) is 18.3. The molecule has 0 spiro atoms. The van der Waals surface area contributed by atoms with Crippen LogP contribution in [0.2, 0.25) is 0 Å². The molecule has 0 fully saturated rings. The van der Waals surface area contributed by atoms with E-state index < -0.39 is 7.92 Å². The van der Waals surface area contributed by atoms with Gasteiger partial charge in [-0.2, -0.15) is 0 Å². The third-order valence-electron chi connectivity index (χ3n) is 9.75. The average molecular weight is 595 g/mol. The van der Waals surface area contributed by atoms with Gasteiger partial charge in [0.25, 0.3) is 0 Å². The van der Waals surface area contributed by atoms with E-state index >= 15 is 0 Å². The zero-order valence-corrected chi connectivity index (χ0v) is 27.8. The summed E-state index contributed by atoms with van der Waals surface area (Å²) < 4.78 is 0. The Morgan fingerprint density at radius 2 is 1.07 bits per heavy atom. The van der Waals surface area contributed by atoms with E-state index in [0.717, 1.165) is 0 Å². The Morgan fingerprint density at radius 1 is 0.581 bits per heavy atom. The summed E-state index contributed by atoms with van der Waals surface area (Å²) >= 11 is 0. The molecule has 0 saturated heterocycles. The fourth-order valence-electron chi connectivity index (χ4n) is 8.24. The lowest BCUT2D eigenvalue weighted by Gasteiger charge is -2.35. The summed E-state index contributed by atoms with van der Waals surface area (Å²) in [6.45, 7) is 11.6. The van der Waals surface area contributed by atoms with E-state index in [1.807, 2.05) is 13.8 Å². The van der Waals surface area contributed by atoms with E-state index in [4.69, 9.17) is 0 Å². The molecule has 43 heavy (non-hydrogen) atoms. The maximum atomic E-state index is 2.58. The molecule has 3 aliphatic heterocycles. The van der Waals surface area contributed by atoms with Crippen LogP contribution >= 0.6 is 16.5 Å². The topological polar surface area (TPSA) is 0 Å². The Morgan fingerprint density at radius 3 is 1.63 bits per heavy atom. The van der Waals surface area contributed by atoms with Crippen LogP contribution < -0.4 is 0 Å². The highest BCUT2D eigenvalue weighted by molar-refractivity contribution is 7.75. The van der Waals surface area contributed by atoms with Crippen molar-refractivity contribution in [3.05, 3.63) is 165 Å². The molecule has 4 aliphatic rings. The SMILES string of the molecule is CC.CC1C(c2ccccc2)=C(c2ccccc2)PC2=C1[C@H](C)C1=C2[P@]2C[C@]1(C)C(c1ccccc1)=C2c1ccccc1. The van der Waals surface area contributed by atoms with E-state index in [0.29, 0.717) is 20.4 Å². The van der Waals surface area contributed by atoms with Crippen LogP contribution in [-0.4, -0.2) is 6.16 Å². The Hall–Kier alpha value is -3.30. The molecule has 1 aliphatic carbocycles. The minimum Gasteiger partial charge on any atom is -0.0683 e. The molecule has 0 saturated carbocycles. The molecule has 2 bridgehead atoms. The number of hydrogen-bond acceptors (Lipinski definition) is 0. The number of benzene rings is 4. The molecule has 0 radical (unpaired) electrons. The van der Waals surface area contributed by atoms with Crippen LogP contribution in [0.4, 0.5) is 0 Å². The van der Waals surface area contributed by atoms with Gasteiger partial charge in [0.2, 0.25) is 0 Å². The van der Waals surface area contributed by atoms with Crippen LogP contribution in [0.25, 0.3) is 21.8 Å². The van der Waals surface area contributed by atoms with Crippen LogP contribution in [0, 0.1) is 17.3 Å². The van der Waals surface area contributed by atoms with Gasteiger partial charge < -0.3 is 0 Å². The number of fused-ring (bicyclic) bond motifs is 5. The second-order valence-corrected chi connectivity index (χ2v) is 15.4. The summed E-state index contributed by atoms with van der Waals surface area (Å²) in [6, 6.07) is 45.0. The lowest BCUT2D eigenvalue weighted by molar-refractivity contribution is 0.545. The van der Waals surface area contributed by atoms with Crippen molar-refractivity contribution in [1.29, 1.82) is 0 Å². The van der Waals surface area contributed by atoms with Crippen LogP contribution in [0.15, 0.2) is 143 Å². The largest absolute Gasteiger partial charge is 0.0683 e. The van der Waals surface area contributed by atoms with Gasteiger partial charge in [-0.3, -0.25) is 0 Å². The fraction of sp³-hybridized carbons (Fsp3) is 0.220. The van der Waals surface area contributed by atoms with E-state index in [1.165, 1.54) is 34.0 Å². The van der Waals surface area contributed by atoms with Crippen LogP contribution in [-0.2, 0) is 0 Å². The molecule has 0 aromatic heterocycles. The molecule has 4 aromatic rings. The minimum atomic E-state index is -0.420. The quantitative estimate of drug-likeness (QED) is 0.206. The van der Waals surface area contributed by atoms with Crippen molar-refractivity contribution in [3.8, 4) is 0 Å². The Labute approximate surface area is 260 Å². The second kappa shape index (κ2) is 11.3. The minimum absolute atomic E-state index is 0.0777. The van der Waals surface area contributed by atoms with E-state index in [2.05, 4.69) is 142 Å². The molecule has 2 unspecified atom stereocenters. The Balaban J connectivity index is 0.00000147. The molecule has 5 atom stereocenters. The van der Waals surface area contributed by atoms with E-state index in [-0.39, 0.29) is 5.41 Å². The molecule has 4 aromatic carbocycles. The highest BCUT2D eigenvalue weighted by Crippen LogP contribution is 2.84. The van der Waals surface area contributed by atoms with Gasteiger partial charge in [-0.1, -0.05) is 165 Å². The third-order valence-corrected chi connectivity index (χ3v) is 14.5. The van der Waals surface area contributed by atoms with Gasteiger partial charge >= 0.3 is 0 Å². The molecule has 0 amide bonds. The van der Waals surface area contributed by atoms with Crippen LogP contribution in [0.3, 0.4) is 0 Å². The van der Waals surface area contributed by atoms with Gasteiger partial charge in [-0.15, -0.1) is 0 Å². The van der Waals surface area contributed by atoms with Crippen molar-refractivity contribution in [2.24, 2.45) is 17.3 Å². The van der Waals surface area contributed by atoms with E-state index in [9.17, 15) is 0 Å². The van der Waals surface area contributed by atoms with Crippen molar-refractivity contribution in [2.45, 2.75) is 34.6 Å². The Bertz CT molecular complexity index is 1790. The smallest absolute Gasteiger partial charge is 0.0207 e. The predicted octanol–water partition coefficient (Wildman–Crippen LogP) is 12.2. The molecule has 2 heteroatoms. The van der Waals surface area contributed by atoms with Crippen molar-refractivity contribution in [2.75, 3.05) is 6.16 Å². The zero-order chi connectivity index (χ0) is 29.7. The van der Waals surface area contributed by atoms with Crippen LogP contribution in [0.5, 0.6) is 0 Å². The lowest BCUT2D eigenvalue weighted by atomic mass is 9.68. The zero-order valence-electron chi connectivity index (χ0n) is 25.9. The second-order valence-electron chi connectivity index (χ2n) is 12.1. The molecule has 0 N–H and O–H groups in total. The number of allylic oxidation sites excluding steroid dienone is 6. The van der Waals surface area contributed by atoms with Crippen molar-refractivity contribution in [1.82, 2.24) is 0 Å². The number of hydrogen-bond donors (Lipinski definition) is 0. The predicted molar refractivity (Wildman–Crippen MR) is 191 cm³/mol. The number of rotatable bonds is 4. The summed E-state index contributed by atoms with van der Waals surface area (Å²) in [5, 5.41) is 6.63. The third kappa shape index (κ3) is 4.33. The maximum absolute atomic E-state index is 2.58. The van der Waals surface area contributed by atoms with Gasteiger partial charge in [-0.25, -0.2) is 0 Å². The van der Waals surface area contributed by atoms with E-state index in [1.54, 1.807) is 38.0 Å². The highest BCUT2D eigenvalue weighted by Gasteiger charge is 2.59. The first kappa shape index (κ1) is 28.5. The van der Waals surface area contributed by atoms with Crippen molar-refractivity contribution >= 4 is 38.3 Å². The monoisotopic (exact) mass is 594 g/mol. The molecule has 8 rings (SSSR count). The molecular formula is C41H40P2. The first-order chi connectivity index (χ1) is 21.1. The summed E-state index contributed by atoms with van der Waals surface area (Å²) in [6.07, 6.45) is 1.26. The van der Waals surface area contributed by atoms with Gasteiger partial charge in [0.15, 0.2) is 0 Å². The highest BCUT2D eigenvalue weighted by atomic mass is 31.1. The normalized spacial score (nSPS) is 26.1. The standard InChI is InChI=1S/C39H34P2.C2H6/c1-25-31-26(2)33-38(36(31)40-35(29-20-12-6-13-21-29)32(25)27-16-8-4-9-17-27)41-24-39(33,3)34(28-18-10-5-11-19-28)37(41)30-22-14-7-15-23-30;1-2/h4-23,25-26,40H,24H2,1-3H3;1-2H3/t25?,26-,39-,41+;/m0./s1. The van der Waals surface area contributed by atoms with Crippen molar-refractivity contribution in [3.63, 3.8) is 0 Å². The molecule has 214 valence electrons. The summed E-state index contributed by atoms with van der Waals surface area (Å²) in [4.78, 5) is 0. The fourth-order valence-corrected chi connectivity index (χ4v) is 14.4. The van der Waals surface area contributed by atoms with Crippen LogP contribution in [0.1, 0.15) is 56.9 Å². The molecular weight excluding hydrogens is 554 g/mol. The summed E-state index contributed by atoms with van der Waals surface area (Å²) in [5.41, 5.74) is 12.2. The van der Waals surface area contributed by atoms with Gasteiger partial charge in [0.1, 0.15) is 0 Å².